The molecular weight excluding hydrogens is 352 g/mol. The van der Waals surface area contributed by atoms with Gasteiger partial charge in [0.25, 0.3) is 5.70 Å². The lowest BCUT2D eigenvalue weighted by Crippen LogP contribution is -2.36. The quantitative estimate of drug-likeness (QED) is 0.313. The number of hydrogen-bond donors (Lipinski definition) is 0. The van der Waals surface area contributed by atoms with Crippen LogP contribution in [0.1, 0.15) is 41.0 Å². The number of hydrogen-bond acceptors (Lipinski definition) is 7. The van der Waals surface area contributed by atoms with E-state index in [9.17, 15) is 23.3 Å². The molecule has 142 valence electrons. The lowest BCUT2D eigenvalue weighted by atomic mass is 10.2. The number of amides is 1. The maximum Gasteiger partial charge on any atom is 0.410 e. The minimum atomic E-state index is -4.32. The highest BCUT2D eigenvalue weighted by molar-refractivity contribution is 7.91. The van der Waals surface area contributed by atoms with Crippen LogP contribution >= 0.6 is 0 Å². The first-order valence-electron chi connectivity index (χ1n) is 7.76. The maximum atomic E-state index is 12.4. The first kappa shape index (κ1) is 21.1. The topological polar surface area (TPSA) is 116 Å². The molecule has 0 saturated carbocycles. The number of carbonyl (C=O) groups excluding carboxylic acids is 1. The van der Waals surface area contributed by atoms with Crippen LogP contribution in [0.5, 0.6) is 0 Å². The third kappa shape index (κ3) is 6.13. The first-order valence-corrected chi connectivity index (χ1v) is 9.17. The van der Waals surface area contributed by atoms with Crippen molar-refractivity contribution in [3.05, 3.63) is 32.9 Å². The standard InChI is InChI=1S/C15H24N2O7S/c1-6-7-13(11(2)17(19)20)25(21,22)24-12-8-9-16(10-12)14(18)23-15(3,4)5/h6-7,12H,8-10H2,1-5H3/b7-6-,13-11-/t12-/m1/s1. The van der Waals surface area contributed by atoms with Gasteiger partial charge in [0, 0.05) is 13.5 Å². The summed E-state index contributed by atoms with van der Waals surface area (Å²) in [4.78, 5) is 23.0. The van der Waals surface area contributed by atoms with Gasteiger partial charge < -0.3 is 9.64 Å². The Bertz CT molecular complexity index is 689. The number of nitro groups is 1. The van der Waals surface area contributed by atoms with Gasteiger partial charge in [-0.25, -0.2) is 4.79 Å². The van der Waals surface area contributed by atoms with Gasteiger partial charge in [-0.2, -0.15) is 8.42 Å². The Balaban J connectivity index is 2.87. The smallest absolute Gasteiger partial charge is 0.410 e. The second kappa shape index (κ2) is 7.96. The molecule has 0 N–H and O–H groups in total. The van der Waals surface area contributed by atoms with Crippen molar-refractivity contribution in [2.75, 3.05) is 13.1 Å². The molecule has 0 spiro atoms. The predicted molar refractivity (Wildman–Crippen MR) is 90.7 cm³/mol. The van der Waals surface area contributed by atoms with E-state index >= 15 is 0 Å². The molecule has 1 saturated heterocycles. The van der Waals surface area contributed by atoms with Crippen molar-refractivity contribution >= 4 is 16.2 Å². The van der Waals surface area contributed by atoms with Crippen molar-refractivity contribution in [2.24, 2.45) is 0 Å². The minimum Gasteiger partial charge on any atom is -0.444 e. The molecule has 9 nitrogen and oxygen atoms in total. The molecule has 0 aliphatic carbocycles. The third-order valence-electron chi connectivity index (χ3n) is 3.28. The summed E-state index contributed by atoms with van der Waals surface area (Å²) in [6.07, 6.45) is 1.46. The highest BCUT2D eigenvalue weighted by atomic mass is 32.2. The fourth-order valence-electron chi connectivity index (χ4n) is 2.16. The Morgan fingerprint density at radius 2 is 1.96 bits per heavy atom. The van der Waals surface area contributed by atoms with Gasteiger partial charge >= 0.3 is 16.2 Å². The molecule has 1 aliphatic heterocycles. The van der Waals surface area contributed by atoms with E-state index < -0.39 is 43.4 Å². The van der Waals surface area contributed by atoms with Crippen LogP contribution < -0.4 is 0 Å². The highest BCUT2D eigenvalue weighted by Crippen LogP contribution is 2.23. The van der Waals surface area contributed by atoms with E-state index in [2.05, 4.69) is 0 Å². The average molecular weight is 376 g/mol. The molecule has 1 fully saturated rings. The van der Waals surface area contributed by atoms with Crippen LogP contribution in [0, 0.1) is 10.1 Å². The Morgan fingerprint density at radius 3 is 2.44 bits per heavy atom. The van der Waals surface area contributed by atoms with Gasteiger partial charge in [0.05, 0.1) is 17.6 Å². The van der Waals surface area contributed by atoms with Crippen molar-refractivity contribution in [3.8, 4) is 0 Å². The van der Waals surface area contributed by atoms with Gasteiger partial charge in [0.15, 0.2) is 4.91 Å². The van der Waals surface area contributed by atoms with E-state index in [1.54, 1.807) is 27.7 Å². The molecule has 10 heteroatoms. The van der Waals surface area contributed by atoms with Gasteiger partial charge in [-0.05, 0) is 40.2 Å². The Kier molecular flexibility index (Phi) is 6.72. The van der Waals surface area contributed by atoms with Crippen molar-refractivity contribution in [1.82, 2.24) is 4.90 Å². The van der Waals surface area contributed by atoms with Crippen LogP contribution in [-0.4, -0.2) is 49.1 Å². The molecule has 0 unspecified atom stereocenters. The van der Waals surface area contributed by atoms with Crippen molar-refractivity contribution in [3.63, 3.8) is 0 Å². The van der Waals surface area contributed by atoms with Crippen LogP contribution in [0.15, 0.2) is 22.8 Å². The van der Waals surface area contributed by atoms with Gasteiger partial charge in [0.2, 0.25) is 0 Å². The molecule has 1 heterocycles. The van der Waals surface area contributed by atoms with E-state index in [4.69, 9.17) is 8.92 Å². The molecule has 1 atom stereocenters. The minimum absolute atomic E-state index is 0.0365. The van der Waals surface area contributed by atoms with E-state index in [0.29, 0.717) is 6.42 Å². The molecule has 0 aromatic rings. The largest absolute Gasteiger partial charge is 0.444 e. The summed E-state index contributed by atoms with van der Waals surface area (Å²) in [5.74, 6) is 0. The summed E-state index contributed by atoms with van der Waals surface area (Å²) < 4.78 is 35.0. The normalized spacial score (nSPS) is 19.9. The molecular formula is C15H24N2O7S. The van der Waals surface area contributed by atoms with Crippen molar-refractivity contribution in [2.45, 2.75) is 52.7 Å². The van der Waals surface area contributed by atoms with Crippen LogP contribution in [0.4, 0.5) is 4.79 Å². The number of ether oxygens (including phenoxy) is 1. The molecule has 1 rings (SSSR count). The van der Waals surface area contributed by atoms with E-state index in [0.717, 1.165) is 13.0 Å². The summed E-state index contributed by atoms with van der Waals surface area (Å²) in [6, 6.07) is 0. The lowest BCUT2D eigenvalue weighted by molar-refractivity contribution is -0.424. The van der Waals surface area contributed by atoms with Crippen LogP contribution in [0.25, 0.3) is 0 Å². The van der Waals surface area contributed by atoms with E-state index in [-0.39, 0.29) is 13.1 Å². The Labute approximate surface area is 147 Å². The second-order valence-corrected chi connectivity index (χ2v) is 8.13. The Morgan fingerprint density at radius 1 is 1.36 bits per heavy atom. The summed E-state index contributed by atoms with van der Waals surface area (Å²) in [7, 11) is -4.32. The molecule has 1 aliphatic rings. The fraction of sp³-hybridized carbons (Fsp3) is 0.667. The van der Waals surface area contributed by atoms with E-state index in [1.165, 1.54) is 11.0 Å². The molecule has 0 radical (unpaired) electrons. The van der Waals surface area contributed by atoms with Gasteiger partial charge in [-0.15, -0.1) is 0 Å². The average Bonchev–Trinajstić information content (AvgIpc) is 2.89. The number of carbonyl (C=O) groups is 1. The highest BCUT2D eigenvalue weighted by Gasteiger charge is 2.35. The fourth-order valence-corrected chi connectivity index (χ4v) is 3.51. The monoisotopic (exact) mass is 376 g/mol. The predicted octanol–water partition coefficient (Wildman–Crippen LogP) is 2.43. The summed E-state index contributed by atoms with van der Waals surface area (Å²) in [5, 5.41) is 10.9. The maximum absolute atomic E-state index is 12.4. The summed E-state index contributed by atoms with van der Waals surface area (Å²) in [5.41, 5.74) is -1.19. The molecule has 25 heavy (non-hydrogen) atoms. The van der Waals surface area contributed by atoms with E-state index in [1.807, 2.05) is 0 Å². The van der Waals surface area contributed by atoms with Gasteiger partial charge in [0.1, 0.15) is 5.60 Å². The summed E-state index contributed by atoms with van der Waals surface area (Å²) >= 11 is 0. The zero-order valence-corrected chi connectivity index (χ0v) is 15.8. The zero-order chi connectivity index (χ0) is 19.4. The van der Waals surface area contributed by atoms with Crippen LogP contribution in [0.3, 0.4) is 0 Å². The molecule has 1 amide bonds. The Hall–Kier alpha value is -1.94. The third-order valence-corrected chi connectivity index (χ3v) is 4.77. The molecule has 0 aromatic carbocycles. The van der Waals surface area contributed by atoms with Gasteiger partial charge in [-0.1, -0.05) is 6.08 Å². The lowest BCUT2D eigenvalue weighted by Gasteiger charge is -2.24. The molecule has 0 bridgehead atoms. The van der Waals surface area contributed by atoms with Crippen LogP contribution in [-0.2, 0) is 19.0 Å². The number of nitrogens with zero attached hydrogens (tertiary/aromatic N) is 2. The van der Waals surface area contributed by atoms with Crippen LogP contribution in [0.2, 0.25) is 0 Å². The van der Waals surface area contributed by atoms with Crippen molar-refractivity contribution in [1.29, 1.82) is 0 Å². The summed E-state index contributed by atoms with van der Waals surface area (Å²) in [6.45, 7) is 8.15. The van der Waals surface area contributed by atoms with Crippen molar-refractivity contribution < 1.29 is 27.1 Å². The SMILES string of the molecule is C/C=C\C(=C(/C)[N+](=O)[O-])S(=O)(=O)O[C@@H]1CCN(C(=O)OC(C)(C)C)C1. The first-order chi connectivity index (χ1) is 11.4. The second-order valence-electron chi connectivity index (χ2n) is 6.59. The molecule has 0 aromatic heterocycles. The number of allylic oxidation sites excluding steroid dienone is 3. The zero-order valence-electron chi connectivity index (χ0n) is 15.0. The number of rotatable bonds is 5. The van der Waals surface area contributed by atoms with Gasteiger partial charge in [-0.3, -0.25) is 14.3 Å². The number of likely N-dealkylation sites (tertiary alicyclic amines) is 1.